The number of carbonyl (C=O) groups is 2. The van der Waals surface area contributed by atoms with Crippen LogP contribution in [-0.2, 0) is 16.0 Å². The van der Waals surface area contributed by atoms with Gasteiger partial charge in [-0.2, -0.15) is 0 Å². The molecule has 2 aromatic carbocycles. The van der Waals surface area contributed by atoms with Crippen molar-refractivity contribution in [2.45, 2.75) is 78.7 Å². The summed E-state index contributed by atoms with van der Waals surface area (Å²) in [4.78, 5) is 41.7. The van der Waals surface area contributed by atoms with Crippen LogP contribution in [0.15, 0.2) is 47.4 Å². The molecular weight excluding hydrogens is 567 g/mol. The van der Waals surface area contributed by atoms with Gasteiger partial charge in [0, 0.05) is 31.1 Å². The summed E-state index contributed by atoms with van der Waals surface area (Å²) in [6.07, 6.45) is 3.47. The number of nitrogens with zero attached hydrogens (tertiary/aromatic N) is 2. The van der Waals surface area contributed by atoms with Crippen molar-refractivity contribution in [3.05, 3.63) is 91.6 Å². The van der Waals surface area contributed by atoms with Crippen LogP contribution in [0.5, 0.6) is 0 Å². The number of carboxylic acids is 1. The second kappa shape index (κ2) is 14.0. The highest BCUT2D eigenvalue weighted by atomic mass is 35.5. The van der Waals surface area contributed by atoms with Crippen LogP contribution in [0.4, 0.5) is 4.39 Å². The van der Waals surface area contributed by atoms with E-state index in [1.54, 1.807) is 24.4 Å². The first-order chi connectivity index (χ1) is 20.3. The molecule has 4 rings (SSSR count). The molecule has 0 radical (unpaired) electrons. The molecule has 0 amide bonds. The number of likely N-dealkylation sites (tertiary alicyclic amines) is 1. The van der Waals surface area contributed by atoms with E-state index in [0.29, 0.717) is 12.0 Å². The van der Waals surface area contributed by atoms with Crippen LogP contribution in [0.1, 0.15) is 79.3 Å². The Labute approximate surface area is 258 Å². The van der Waals surface area contributed by atoms with Crippen molar-refractivity contribution in [3.63, 3.8) is 0 Å². The molecule has 1 fully saturated rings. The van der Waals surface area contributed by atoms with Gasteiger partial charge < -0.3 is 14.6 Å². The summed E-state index contributed by atoms with van der Waals surface area (Å²) >= 11 is 6.38. The minimum absolute atomic E-state index is 0.0863. The molecule has 1 N–H and O–H groups in total. The number of rotatable bonds is 13. The summed E-state index contributed by atoms with van der Waals surface area (Å²) in [6.45, 7) is 12.8. The molecule has 3 aromatic rings. The molecule has 0 bridgehead atoms. The van der Waals surface area contributed by atoms with Crippen LogP contribution >= 0.6 is 11.6 Å². The van der Waals surface area contributed by atoms with E-state index in [9.17, 15) is 19.5 Å². The number of aryl methyl sites for hydroxylation is 3. The first-order valence-corrected chi connectivity index (χ1v) is 15.5. The SMILES string of the molecule is Cc1cc(=O)n(C(CC(C)C)C(=O)C[C@@H](CC(=O)O)c2cc(-c3c(C)cccc3C)cc(Cl)c2F)cc1CCN1CCC1. The van der Waals surface area contributed by atoms with Crippen molar-refractivity contribution in [3.8, 4) is 11.1 Å². The zero-order chi connectivity index (χ0) is 31.4. The van der Waals surface area contributed by atoms with Crippen LogP contribution in [0.3, 0.4) is 0 Å². The minimum Gasteiger partial charge on any atom is -0.481 e. The molecule has 43 heavy (non-hydrogen) atoms. The van der Waals surface area contributed by atoms with E-state index in [-0.39, 0.29) is 34.3 Å². The maximum absolute atomic E-state index is 15.6. The molecule has 230 valence electrons. The molecule has 2 heterocycles. The van der Waals surface area contributed by atoms with Crippen LogP contribution < -0.4 is 5.56 Å². The number of carboxylic acid groups (broad SMARTS) is 1. The first-order valence-electron chi connectivity index (χ1n) is 15.1. The van der Waals surface area contributed by atoms with E-state index in [1.165, 1.54) is 11.0 Å². The van der Waals surface area contributed by atoms with Crippen molar-refractivity contribution in [1.82, 2.24) is 9.47 Å². The lowest BCUT2D eigenvalue weighted by Gasteiger charge is -2.31. The molecule has 0 spiro atoms. The third-order valence-corrected chi connectivity index (χ3v) is 8.85. The van der Waals surface area contributed by atoms with E-state index in [4.69, 9.17) is 11.6 Å². The Hall–Kier alpha value is -3.29. The number of aliphatic carboxylic acids is 1. The topological polar surface area (TPSA) is 79.6 Å². The zero-order valence-electron chi connectivity index (χ0n) is 25.8. The highest BCUT2D eigenvalue weighted by Crippen LogP contribution is 2.38. The quantitative estimate of drug-likeness (QED) is 0.220. The van der Waals surface area contributed by atoms with Gasteiger partial charge in [-0.05, 0) is 110 Å². The molecule has 1 aliphatic rings. The smallest absolute Gasteiger partial charge is 0.303 e. The number of hydrogen-bond acceptors (Lipinski definition) is 4. The van der Waals surface area contributed by atoms with Gasteiger partial charge in [-0.15, -0.1) is 0 Å². The monoisotopic (exact) mass is 608 g/mol. The fraction of sp³-hybridized carbons (Fsp3) is 0.457. The lowest BCUT2D eigenvalue weighted by molar-refractivity contribution is -0.137. The number of hydrogen-bond donors (Lipinski definition) is 1. The van der Waals surface area contributed by atoms with Gasteiger partial charge in [-0.1, -0.05) is 43.6 Å². The van der Waals surface area contributed by atoms with Gasteiger partial charge in [0.05, 0.1) is 17.5 Å². The molecule has 1 saturated heterocycles. The van der Waals surface area contributed by atoms with Gasteiger partial charge >= 0.3 is 5.97 Å². The molecule has 2 atom stereocenters. The number of carbonyl (C=O) groups excluding carboxylic acids is 1. The summed E-state index contributed by atoms with van der Waals surface area (Å²) in [7, 11) is 0. The minimum atomic E-state index is -1.15. The standard InChI is InChI=1S/C35H42ClFN2O4/c1-21(2)14-30(39-20-25(24(5)15-32(39)41)10-13-38-11-7-12-38)31(40)18-26(19-33(42)43)28-16-27(17-29(36)35(28)37)34-22(3)8-6-9-23(34)4/h6,8-9,15-17,20-21,26,30H,7,10-14,18-19H2,1-5H3,(H,42,43)/t26-,30?/m0/s1. The number of ketones is 1. The lowest BCUT2D eigenvalue weighted by atomic mass is 9.84. The highest BCUT2D eigenvalue weighted by molar-refractivity contribution is 6.31. The summed E-state index contributed by atoms with van der Waals surface area (Å²) in [5, 5.41) is 9.68. The van der Waals surface area contributed by atoms with Gasteiger partial charge in [0.25, 0.3) is 5.56 Å². The van der Waals surface area contributed by atoms with Crippen molar-refractivity contribution < 1.29 is 19.1 Å². The molecular formula is C35H42ClFN2O4. The summed E-state index contributed by atoms with van der Waals surface area (Å²) in [5.41, 5.74) is 5.22. The normalized spacial score (nSPS) is 14.9. The molecule has 1 aromatic heterocycles. The van der Waals surface area contributed by atoms with E-state index < -0.39 is 30.2 Å². The van der Waals surface area contributed by atoms with E-state index in [1.807, 2.05) is 52.8 Å². The number of pyridine rings is 1. The number of benzene rings is 2. The molecule has 0 aliphatic carbocycles. The van der Waals surface area contributed by atoms with Crippen LogP contribution in [-0.4, -0.2) is 46.0 Å². The fourth-order valence-corrected chi connectivity index (χ4v) is 6.35. The Balaban J connectivity index is 1.72. The average molecular weight is 609 g/mol. The van der Waals surface area contributed by atoms with Crippen molar-refractivity contribution in [1.29, 1.82) is 0 Å². The summed E-state index contributed by atoms with van der Waals surface area (Å²) in [6, 6.07) is 9.79. The van der Waals surface area contributed by atoms with Gasteiger partial charge in [-0.3, -0.25) is 14.4 Å². The number of Topliss-reactive ketones (excluding diaryl/α,β-unsaturated/α-hetero) is 1. The van der Waals surface area contributed by atoms with E-state index >= 15 is 4.39 Å². The third kappa shape index (κ3) is 7.81. The summed E-state index contributed by atoms with van der Waals surface area (Å²) in [5.74, 6) is -3.05. The maximum atomic E-state index is 15.6. The van der Waals surface area contributed by atoms with Gasteiger partial charge in [0.15, 0.2) is 5.78 Å². The Morgan fingerprint density at radius 1 is 1.02 bits per heavy atom. The molecule has 0 saturated carbocycles. The second-order valence-corrected chi connectivity index (χ2v) is 12.8. The van der Waals surface area contributed by atoms with Crippen LogP contribution in [0, 0.1) is 32.5 Å². The zero-order valence-corrected chi connectivity index (χ0v) is 26.5. The molecule has 6 nitrogen and oxygen atoms in total. The van der Waals surface area contributed by atoms with E-state index in [2.05, 4.69) is 4.90 Å². The van der Waals surface area contributed by atoms with E-state index in [0.717, 1.165) is 53.9 Å². The van der Waals surface area contributed by atoms with Gasteiger partial charge in [0.1, 0.15) is 5.82 Å². The Bertz CT molecular complexity index is 1540. The van der Waals surface area contributed by atoms with Crippen molar-refractivity contribution in [2.75, 3.05) is 19.6 Å². The second-order valence-electron chi connectivity index (χ2n) is 12.4. The van der Waals surface area contributed by atoms with Crippen LogP contribution in [0.25, 0.3) is 11.1 Å². The maximum Gasteiger partial charge on any atom is 0.303 e. The fourth-order valence-electron chi connectivity index (χ4n) is 6.12. The Morgan fingerprint density at radius 3 is 2.28 bits per heavy atom. The van der Waals surface area contributed by atoms with Gasteiger partial charge in [-0.25, -0.2) is 4.39 Å². The first kappa shape index (κ1) is 32.6. The Kier molecular flexibility index (Phi) is 10.6. The Morgan fingerprint density at radius 2 is 1.70 bits per heavy atom. The average Bonchev–Trinajstić information content (AvgIpc) is 2.88. The summed E-state index contributed by atoms with van der Waals surface area (Å²) < 4.78 is 17.1. The highest BCUT2D eigenvalue weighted by Gasteiger charge is 2.30. The number of halogens is 2. The predicted molar refractivity (Wildman–Crippen MR) is 170 cm³/mol. The lowest BCUT2D eigenvalue weighted by Crippen LogP contribution is -2.38. The van der Waals surface area contributed by atoms with Gasteiger partial charge in [0.2, 0.25) is 0 Å². The predicted octanol–water partition coefficient (Wildman–Crippen LogP) is 7.29. The number of aromatic nitrogens is 1. The van der Waals surface area contributed by atoms with Crippen LogP contribution in [0.2, 0.25) is 5.02 Å². The molecule has 8 heteroatoms. The largest absolute Gasteiger partial charge is 0.481 e. The third-order valence-electron chi connectivity index (χ3n) is 8.58. The van der Waals surface area contributed by atoms with Crippen molar-refractivity contribution in [2.24, 2.45) is 5.92 Å². The molecule has 1 aliphatic heterocycles. The van der Waals surface area contributed by atoms with Crippen molar-refractivity contribution >= 4 is 23.4 Å². The molecule has 1 unspecified atom stereocenters.